The first-order valence-electron chi connectivity index (χ1n) is 4.38. The van der Waals surface area contributed by atoms with E-state index in [1.54, 1.807) is 0 Å². The Kier molecular flexibility index (Phi) is 4.55. The van der Waals surface area contributed by atoms with Gasteiger partial charge in [0.15, 0.2) is 0 Å². The van der Waals surface area contributed by atoms with Gasteiger partial charge >= 0.3 is 0 Å². The van der Waals surface area contributed by atoms with Crippen molar-refractivity contribution >= 4 is 29.9 Å². The summed E-state index contributed by atoms with van der Waals surface area (Å²) in [6, 6.07) is 4.04. The number of thiol groups is 1. The number of hydrogen-bond donors (Lipinski definition) is 3. The molecule has 7 heteroatoms. The van der Waals surface area contributed by atoms with Crippen molar-refractivity contribution < 1.29 is 15.1 Å². The van der Waals surface area contributed by atoms with Gasteiger partial charge in [-0.3, -0.25) is 10.1 Å². The highest BCUT2D eigenvalue weighted by Crippen LogP contribution is 2.33. The Morgan fingerprint density at radius 2 is 2.12 bits per heavy atom. The molecule has 1 aromatic carbocycles. The molecule has 0 saturated carbocycles. The largest absolute Gasteiger partial charge is 0.389 e. The minimum absolute atomic E-state index is 0.0243. The van der Waals surface area contributed by atoms with Gasteiger partial charge < -0.3 is 10.2 Å². The van der Waals surface area contributed by atoms with Crippen molar-refractivity contribution in [1.82, 2.24) is 0 Å². The van der Waals surface area contributed by atoms with E-state index in [-0.39, 0.29) is 22.0 Å². The lowest BCUT2D eigenvalue weighted by molar-refractivity contribution is -0.386. The maximum absolute atomic E-state index is 10.7. The fourth-order valence-corrected chi connectivity index (χ4v) is 1.75. The van der Waals surface area contributed by atoms with E-state index in [1.807, 2.05) is 0 Å². The summed E-state index contributed by atoms with van der Waals surface area (Å²) in [6.07, 6.45) is -2.63. The summed E-state index contributed by atoms with van der Waals surface area (Å²) in [7, 11) is 0. The van der Waals surface area contributed by atoms with Crippen molar-refractivity contribution in [3.8, 4) is 0 Å². The molecule has 0 bridgehead atoms. The number of aliphatic hydroxyl groups excluding tert-OH is 2. The number of nitrogens with zero attached hydrogens (tertiary/aromatic N) is 1. The molecule has 2 unspecified atom stereocenters. The number of nitro benzene ring substituents is 1. The predicted octanol–water partition coefficient (Wildman–Crippen LogP) is 1.57. The molecule has 0 aliphatic heterocycles. The van der Waals surface area contributed by atoms with Gasteiger partial charge in [-0.2, -0.15) is 12.6 Å². The second-order valence-electron chi connectivity index (χ2n) is 3.12. The molecule has 0 spiro atoms. The van der Waals surface area contributed by atoms with Crippen molar-refractivity contribution in [3.05, 3.63) is 38.9 Å². The predicted molar refractivity (Wildman–Crippen MR) is 62.9 cm³/mol. The topological polar surface area (TPSA) is 83.6 Å². The van der Waals surface area contributed by atoms with Gasteiger partial charge in [0.1, 0.15) is 6.10 Å². The Labute approximate surface area is 102 Å². The van der Waals surface area contributed by atoms with Crippen LogP contribution < -0.4 is 0 Å². The molecule has 1 aromatic rings. The third kappa shape index (κ3) is 2.65. The molecular weight excluding hydrogens is 254 g/mol. The van der Waals surface area contributed by atoms with Crippen molar-refractivity contribution in [2.24, 2.45) is 0 Å². The highest BCUT2D eigenvalue weighted by Gasteiger charge is 2.27. The molecule has 1 rings (SSSR count). The molecule has 88 valence electrons. The molecule has 0 aliphatic rings. The summed E-state index contributed by atoms with van der Waals surface area (Å²) >= 11 is 9.57. The van der Waals surface area contributed by atoms with Crippen molar-refractivity contribution in [3.63, 3.8) is 0 Å². The van der Waals surface area contributed by atoms with Crippen LogP contribution in [0.5, 0.6) is 0 Å². The fourth-order valence-electron chi connectivity index (χ4n) is 1.27. The van der Waals surface area contributed by atoms with Crippen LogP contribution in [-0.2, 0) is 0 Å². The maximum atomic E-state index is 10.7. The second kappa shape index (κ2) is 5.49. The van der Waals surface area contributed by atoms with Crippen molar-refractivity contribution in [2.75, 3.05) is 5.75 Å². The first-order chi connectivity index (χ1) is 7.49. The Morgan fingerprint density at radius 1 is 1.50 bits per heavy atom. The molecule has 0 aromatic heterocycles. The maximum Gasteiger partial charge on any atom is 0.276 e. The van der Waals surface area contributed by atoms with Crippen molar-refractivity contribution in [2.45, 2.75) is 12.2 Å². The molecule has 16 heavy (non-hydrogen) atoms. The third-order valence-corrected chi connectivity index (χ3v) is 2.78. The van der Waals surface area contributed by atoms with Gasteiger partial charge in [-0.05, 0) is 6.07 Å². The Morgan fingerprint density at radius 3 is 2.62 bits per heavy atom. The highest BCUT2D eigenvalue weighted by molar-refractivity contribution is 7.80. The second-order valence-corrected chi connectivity index (χ2v) is 3.90. The molecule has 0 heterocycles. The van der Waals surface area contributed by atoms with Crippen LogP contribution in [0.15, 0.2) is 18.2 Å². The first kappa shape index (κ1) is 13.2. The normalized spacial score (nSPS) is 14.5. The van der Waals surface area contributed by atoms with Crippen LogP contribution in [0.1, 0.15) is 11.7 Å². The number of benzene rings is 1. The smallest absolute Gasteiger partial charge is 0.276 e. The van der Waals surface area contributed by atoms with E-state index in [4.69, 9.17) is 11.6 Å². The lowest BCUT2D eigenvalue weighted by Gasteiger charge is -2.17. The number of rotatable bonds is 4. The monoisotopic (exact) mass is 263 g/mol. The minimum atomic E-state index is -1.42. The number of nitro groups is 1. The van der Waals surface area contributed by atoms with Gasteiger partial charge in [0.05, 0.1) is 21.6 Å². The van der Waals surface area contributed by atoms with Crippen LogP contribution in [-0.4, -0.2) is 27.0 Å². The van der Waals surface area contributed by atoms with Gasteiger partial charge in [-0.1, -0.05) is 17.7 Å². The van der Waals surface area contributed by atoms with Crippen LogP contribution >= 0.6 is 24.2 Å². The van der Waals surface area contributed by atoms with Crippen LogP contribution in [0.4, 0.5) is 5.69 Å². The molecule has 2 N–H and O–H groups in total. The lowest BCUT2D eigenvalue weighted by Crippen LogP contribution is -2.21. The summed E-state index contributed by atoms with van der Waals surface area (Å²) in [5, 5.41) is 29.9. The zero-order valence-corrected chi connectivity index (χ0v) is 9.73. The van der Waals surface area contributed by atoms with Gasteiger partial charge in [-0.25, -0.2) is 0 Å². The van der Waals surface area contributed by atoms with Gasteiger partial charge in [0, 0.05) is 11.8 Å². The summed E-state index contributed by atoms with van der Waals surface area (Å²) in [5.41, 5.74) is -0.406. The van der Waals surface area contributed by atoms with Gasteiger partial charge in [-0.15, -0.1) is 0 Å². The first-order valence-corrected chi connectivity index (χ1v) is 5.40. The van der Waals surface area contributed by atoms with Gasteiger partial charge in [0.25, 0.3) is 5.69 Å². The van der Waals surface area contributed by atoms with E-state index in [9.17, 15) is 20.3 Å². The molecule has 0 fully saturated rings. The van der Waals surface area contributed by atoms with E-state index >= 15 is 0 Å². The van der Waals surface area contributed by atoms with E-state index in [1.165, 1.54) is 18.2 Å². The lowest BCUT2D eigenvalue weighted by atomic mass is 10.0. The quantitative estimate of drug-likeness (QED) is 0.437. The molecular formula is C9H10ClNO4S. The standard InChI is InChI=1S/C9H10ClNO4S/c10-5-2-1-3-6(11(14)15)8(5)9(13)7(12)4-16/h1-3,7,9,12-13,16H,4H2. The molecule has 2 atom stereocenters. The Bertz CT molecular complexity index is 401. The van der Waals surface area contributed by atoms with E-state index in [0.29, 0.717) is 0 Å². The molecule has 0 aliphatic carbocycles. The van der Waals surface area contributed by atoms with E-state index in [0.717, 1.165) is 0 Å². The Hall–Kier alpha value is -0.820. The van der Waals surface area contributed by atoms with Crippen LogP contribution in [0.2, 0.25) is 5.02 Å². The summed E-state index contributed by atoms with van der Waals surface area (Å²) in [4.78, 5) is 10.1. The van der Waals surface area contributed by atoms with Gasteiger partial charge in [0.2, 0.25) is 0 Å². The highest BCUT2D eigenvalue weighted by atomic mass is 35.5. The average molecular weight is 264 g/mol. The zero-order chi connectivity index (χ0) is 12.3. The van der Waals surface area contributed by atoms with Crippen LogP contribution in [0.3, 0.4) is 0 Å². The number of hydrogen-bond acceptors (Lipinski definition) is 5. The molecule has 0 radical (unpaired) electrons. The fraction of sp³-hybridized carbons (Fsp3) is 0.333. The molecule has 0 saturated heterocycles. The van der Waals surface area contributed by atoms with E-state index in [2.05, 4.69) is 12.6 Å². The van der Waals surface area contributed by atoms with Crippen LogP contribution in [0, 0.1) is 10.1 Å². The van der Waals surface area contributed by atoms with Crippen LogP contribution in [0.25, 0.3) is 0 Å². The van der Waals surface area contributed by atoms with Crippen molar-refractivity contribution in [1.29, 1.82) is 0 Å². The Balaban J connectivity index is 3.24. The molecule has 5 nitrogen and oxygen atoms in total. The number of halogens is 1. The summed E-state index contributed by atoms with van der Waals surface area (Å²) in [5.74, 6) is -0.0243. The minimum Gasteiger partial charge on any atom is -0.389 e. The number of aliphatic hydroxyl groups is 2. The van der Waals surface area contributed by atoms with E-state index < -0.39 is 17.1 Å². The summed E-state index contributed by atoms with van der Waals surface area (Å²) < 4.78 is 0. The zero-order valence-electron chi connectivity index (χ0n) is 8.08. The third-order valence-electron chi connectivity index (χ3n) is 2.07. The summed E-state index contributed by atoms with van der Waals surface area (Å²) in [6.45, 7) is 0. The SMILES string of the molecule is O=[N+]([O-])c1cccc(Cl)c1C(O)C(O)CS. The average Bonchev–Trinajstić information content (AvgIpc) is 2.26. The molecule has 0 amide bonds.